The smallest absolute Gasteiger partial charge is 0.322 e. The van der Waals surface area contributed by atoms with E-state index in [0.717, 1.165) is 54.5 Å². The molecule has 0 aliphatic carbocycles. The number of carbonyl (C=O) groups is 1. The van der Waals surface area contributed by atoms with Crippen LogP contribution in [0.15, 0.2) is 24.3 Å². The van der Waals surface area contributed by atoms with Crippen molar-refractivity contribution in [2.24, 2.45) is 0 Å². The Morgan fingerprint density at radius 2 is 1.82 bits per heavy atom. The number of piperidine rings is 1. The molecule has 0 radical (unpaired) electrons. The number of hydrogen-bond acceptors (Lipinski definition) is 4. The number of aryl methyl sites for hydroxylation is 2. The average Bonchev–Trinajstić information content (AvgIpc) is 2.74. The lowest BCUT2D eigenvalue weighted by Gasteiger charge is -2.34. The Morgan fingerprint density at radius 1 is 1.07 bits per heavy atom. The number of carbonyl (C=O) groups excluding carboxylic acids is 1. The topological polar surface area (TPSA) is 61.4 Å². The van der Waals surface area contributed by atoms with Crippen molar-refractivity contribution >= 4 is 17.5 Å². The zero-order chi connectivity index (χ0) is 19.5. The first-order valence-electron chi connectivity index (χ1n) is 10.4. The molecule has 2 amide bonds. The van der Waals surface area contributed by atoms with Crippen LogP contribution in [0.25, 0.3) is 0 Å². The number of fused-ring (bicyclic) bond motifs is 1. The lowest BCUT2D eigenvalue weighted by Crippen LogP contribution is -2.41. The number of hydrogen-bond donors (Lipinski definition) is 1. The van der Waals surface area contributed by atoms with E-state index in [4.69, 9.17) is 4.98 Å². The third kappa shape index (κ3) is 3.96. The number of nitrogens with zero attached hydrogens (tertiary/aromatic N) is 4. The molecular weight excluding hydrogens is 350 g/mol. The van der Waals surface area contributed by atoms with Crippen molar-refractivity contribution in [2.75, 3.05) is 29.9 Å². The molecular formula is C22H29N5O. The van der Waals surface area contributed by atoms with Gasteiger partial charge in [-0.05, 0) is 50.3 Å². The molecule has 1 aromatic carbocycles. The second-order valence-electron chi connectivity index (χ2n) is 7.72. The summed E-state index contributed by atoms with van der Waals surface area (Å²) in [5.74, 6) is 1.86. The van der Waals surface area contributed by atoms with Crippen molar-refractivity contribution in [2.45, 2.75) is 52.5 Å². The Balaban J connectivity index is 1.52. The number of amides is 2. The first kappa shape index (κ1) is 18.7. The highest BCUT2D eigenvalue weighted by molar-refractivity contribution is 5.89. The minimum atomic E-state index is -0.0555. The van der Waals surface area contributed by atoms with E-state index in [2.05, 4.69) is 34.3 Å². The van der Waals surface area contributed by atoms with Gasteiger partial charge in [0.15, 0.2) is 0 Å². The zero-order valence-corrected chi connectivity index (χ0v) is 16.9. The van der Waals surface area contributed by atoms with Gasteiger partial charge in [-0.25, -0.2) is 14.8 Å². The van der Waals surface area contributed by atoms with E-state index in [1.54, 1.807) is 0 Å². The molecule has 148 valence electrons. The fraction of sp³-hybridized carbons (Fsp3) is 0.500. The molecule has 4 rings (SSSR count). The maximum Gasteiger partial charge on any atom is 0.322 e. The number of anilines is 2. The summed E-state index contributed by atoms with van der Waals surface area (Å²) in [6, 6.07) is 8.01. The highest BCUT2D eigenvalue weighted by Crippen LogP contribution is 2.29. The van der Waals surface area contributed by atoms with Crippen LogP contribution in [-0.4, -0.2) is 40.5 Å². The molecule has 6 heteroatoms. The van der Waals surface area contributed by atoms with Gasteiger partial charge < -0.3 is 15.1 Å². The van der Waals surface area contributed by atoms with Crippen LogP contribution in [0.4, 0.5) is 16.3 Å². The van der Waals surface area contributed by atoms with Crippen LogP contribution < -0.4 is 10.2 Å². The van der Waals surface area contributed by atoms with Crippen molar-refractivity contribution in [1.82, 2.24) is 14.9 Å². The predicted molar refractivity (Wildman–Crippen MR) is 112 cm³/mol. The minimum absolute atomic E-state index is 0.0555. The molecule has 1 N–H and O–H groups in total. The summed E-state index contributed by atoms with van der Waals surface area (Å²) in [5, 5.41) is 3.04. The van der Waals surface area contributed by atoms with Crippen molar-refractivity contribution in [3.8, 4) is 0 Å². The lowest BCUT2D eigenvalue weighted by molar-refractivity contribution is 0.206. The molecule has 1 saturated heterocycles. The van der Waals surface area contributed by atoms with Crippen LogP contribution in [0, 0.1) is 6.92 Å². The van der Waals surface area contributed by atoms with Crippen molar-refractivity contribution in [1.29, 1.82) is 0 Å². The fourth-order valence-corrected chi connectivity index (χ4v) is 4.08. The van der Waals surface area contributed by atoms with Gasteiger partial charge in [0.05, 0.1) is 12.2 Å². The molecule has 0 atom stereocenters. The van der Waals surface area contributed by atoms with Crippen molar-refractivity contribution in [3.05, 3.63) is 46.9 Å². The standard InChI is InChI=1S/C22H29N5O/c1-3-17-7-9-18(10-8-17)25-22(28)27-14-11-20-19(15-27)21(24-16(2)23-20)26-12-5-4-6-13-26/h7-10H,3-6,11-15H2,1-2H3,(H,25,28). The van der Waals surface area contributed by atoms with Gasteiger partial charge in [0.2, 0.25) is 0 Å². The van der Waals surface area contributed by atoms with Gasteiger partial charge in [0.25, 0.3) is 0 Å². The molecule has 0 saturated carbocycles. The summed E-state index contributed by atoms with van der Waals surface area (Å²) in [6.45, 7) is 7.43. The summed E-state index contributed by atoms with van der Waals surface area (Å²) in [5.41, 5.74) is 4.33. The van der Waals surface area contributed by atoms with E-state index in [1.807, 2.05) is 24.0 Å². The van der Waals surface area contributed by atoms with Crippen LogP contribution in [0.1, 0.15) is 48.8 Å². The molecule has 2 aliphatic rings. The van der Waals surface area contributed by atoms with Crippen LogP contribution in [0.5, 0.6) is 0 Å². The van der Waals surface area contributed by atoms with Gasteiger partial charge in [-0.2, -0.15) is 0 Å². The maximum atomic E-state index is 12.8. The maximum absolute atomic E-state index is 12.8. The highest BCUT2D eigenvalue weighted by Gasteiger charge is 2.27. The Bertz CT molecular complexity index is 843. The van der Waals surface area contributed by atoms with Gasteiger partial charge in [0, 0.05) is 37.3 Å². The largest absolute Gasteiger partial charge is 0.356 e. The van der Waals surface area contributed by atoms with Crippen molar-refractivity contribution < 1.29 is 4.79 Å². The summed E-state index contributed by atoms with van der Waals surface area (Å²) in [7, 11) is 0. The quantitative estimate of drug-likeness (QED) is 0.878. The van der Waals surface area contributed by atoms with Crippen LogP contribution in [-0.2, 0) is 19.4 Å². The van der Waals surface area contributed by atoms with Crippen LogP contribution in [0.3, 0.4) is 0 Å². The van der Waals surface area contributed by atoms with E-state index >= 15 is 0 Å². The van der Waals surface area contributed by atoms with Gasteiger partial charge in [-0.15, -0.1) is 0 Å². The average molecular weight is 380 g/mol. The Hall–Kier alpha value is -2.63. The fourth-order valence-electron chi connectivity index (χ4n) is 4.08. The first-order chi connectivity index (χ1) is 13.6. The Morgan fingerprint density at radius 3 is 2.54 bits per heavy atom. The summed E-state index contributed by atoms with van der Waals surface area (Å²) in [4.78, 5) is 26.5. The Labute approximate surface area is 167 Å². The normalized spacial score (nSPS) is 16.6. The molecule has 6 nitrogen and oxygen atoms in total. The molecule has 1 aromatic heterocycles. The predicted octanol–water partition coefficient (Wildman–Crippen LogP) is 3.93. The van der Waals surface area contributed by atoms with Crippen LogP contribution in [0.2, 0.25) is 0 Å². The van der Waals surface area contributed by atoms with Crippen molar-refractivity contribution in [3.63, 3.8) is 0 Å². The number of urea groups is 1. The number of rotatable bonds is 3. The zero-order valence-electron chi connectivity index (χ0n) is 16.9. The summed E-state index contributed by atoms with van der Waals surface area (Å²) >= 11 is 0. The minimum Gasteiger partial charge on any atom is -0.356 e. The van der Waals surface area contributed by atoms with E-state index in [-0.39, 0.29) is 6.03 Å². The first-order valence-corrected chi connectivity index (χ1v) is 10.4. The number of aromatic nitrogens is 2. The van der Waals surface area contributed by atoms with Crippen LogP contribution >= 0.6 is 0 Å². The molecule has 1 fully saturated rings. The van der Waals surface area contributed by atoms with Gasteiger partial charge in [-0.3, -0.25) is 0 Å². The van der Waals surface area contributed by atoms with E-state index in [0.29, 0.717) is 13.1 Å². The second-order valence-corrected chi connectivity index (χ2v) is 7.72. The third-order valence-electron chi connectivity index (χ3n) is 5.71. The second kappa shape index (κ2) is 8.17. The Kier molecular flexibility index (Phi) is 5.46. The molecule has 2 aliphatic heterocycles. The van der Waals surface area contributed by atoms with Gasteiger partial charge in [-0.1, -0.05) is 19.1 Å². The molecule has 2 aromatic rings. The highest BCUT2D eigenvalue weighted by atomic mass is 16.2. The molecule has 0 bridgehead atoms. The number of benzene rings is 1. The monoisotopic (exact) mass is 379 g/mol. The van der Waals surface area contributed by atoms with Gasteiger partial charge >= 0.3 is 6.03 Å². The van der Waals surface area contributed by atoms with Gasteiger partial charge in [0.1, 0.15) is 11.6 Å². The molecule has 3 heterocycles. The third-order valence-corrected chi connectivity index (χ3v) is 5.71. The summed E-state index contributed by atoms with van der Waals surface area (Å²) < 4.78 is 0. The van der Waals surface area contributed by atoms with E-state index in [1.165, 1.54) is 24.8 Å². The van der Waals surface area contributed by atoms with E-state index in [9.17, 15) is 4.79 Å². The molecule has 0 unspecified atom stereocenters. The SMILES string of the molecule is CCc1ccc(NC(=O)N2CCc3nc(C)nc(N4CCCCC4)c3C2)cc1. The van der Waals surface area contributed by atoms with E-state index < -0.39 is 0 Å². The number of nitrogens with one attached hydrogen (secondary N) is 1. The lowest BCUT2D eigenvalue weighted by atomic mass is 10.0. The summed E-state index contributed by atoms with van der Waals surface area (Å²) in [6.07, 6.45) is 5.47. The molecule has 0 spiro atoms. The molecule has 28 heavy (non-hydrogen) atoms.